The maximum absolute atomic E-state index is 13.5. The normalized spacial score (nSPS) is 12.1. The van der Waals surface area contributed by atoms with Gasteiger partial charge in [0.05, 0.1) is 42.1 Å². The van der Waals surface area contributed by atoms with Gasteiger partial charge in [0.15, 0.2) is 11.3 Å². The molecule has 0 aliphatic rings. The smallest absolute Gasteiger partial charge is 0.270 e. The topological polar surface area (TPSA) is 217 Å². The Balaban J connectivity index is 0.000000201. The molecule has 0 fully saturated rings. The number of imidazole rings is 2. The van der Waals surface area contributed by atoms with Crippen LogP contribution in [-0.4, -0.2) is 87.9 Å². The average Bonchev–Trinajstić information content (AvgIpc) is 4.27. The van der Waals surface area contributed by atoms with Crippen molar-refractivity contribution in [2.75, 3.05) is 13.2 Å². The van der Waals surface area contributed by atoms with E-state index >= 15 is 0 Å². The number of rotatable bonds is 19. The zero-order chi connectivity index (χ0) is 53.0. The summed E-state index contributed by atoms with van der Waals surface area (Å²) in [5, 5.41) is 39.4. The Bertz CT molecular complexity index is 3360. The van der Waals surface area contributed by atoms with E-state index in [9.17, 15) is 29.4 Å². The van der Waals surface area contributed by atoms with Crippen molar-refractivity contribution in [2.45, 2.75) is 65.7 Å². The number of thiophene rings is 2. The summed E-state index contributed by atoms with van der Waals surface area (Å²) in [5.74, 6) is -0.737. The number of aliphatic hydroxyl groups is 2. The highest BCUT2D eigenvalue weighted by Crippen LogP contribution is 2.30. The van der Waals surface area contributed by atoms with Crippen molar-refractivity contribution in [1.82, 2.24) is 50.0 Å². The molecule has 0 aliphatic heterocycles. The minimum absolute atomic E-state index is 0.163. The number of pyridine rings is 4. The molecule has 0 bridgehead atoms. The Hall–Kier alpha value is -7.61. The molecular weight excluding hydrogens is 1010 g/mol. The van der Waals surface area contributed by atoms with Gasteiger partial charge in [-0.05, 0) is 95.1 Å². The van der Waals surface area contributed by atoms with E-state index in [4.69, 9.17) is 21.6 Å². The van der Waals surface area contributed by atoms with Crippen molar-refractivity contribution in [3.63, 3.8) is 0 Å². The monoisotopic (exact) mass is 1060 g/mol. The van der Waals surface area contributed by atoms with E-state index < -0.39 is 0 Å². The summed E-state index contributed by atoms with van der Waals surface area (Å²) < 4.78 is 3.28. The predicted octanol–water partition coefficient (Wildman–Crippen LogP) is 9.37. The summed E-state index contributed by atoms with van der Waals surface area (Å²) in [5.41, 5.74) is 8.19. The lowest BCUT2D eigenvalue weighted by Crippen LogP contribution is -2.39. The standard InChI is InChI=1S/C31H31N5O3S.C25H26ClN5O3S/c1-20(2)15-24(18-37)34-31(39)28-27(23-12-14-40-19-23)35-29-25(9-6-13-36(28)29)30(38)33-17-21-10-11-26(32-16-21)22-7-4-3-5-8-22;1-15(2)10-18(13-32)29-25(34)22-21(17-7-9-35-14-17)30-23-19(4-3-8-31(22)23)24(33)28-12-16-5-6-20(26)27-11-16/h3-14,16,19-20,24,37H,15,17-18H2,1-2H3,(H,33,38)(H,34,39);3-9,11,14-15,18,32H,10,12-13H2,1-2H3,(H,28,33)(H,29,34)/t24-;18-/m00/s1. The molecular formula is C56H57ClN10O6S2. The third kappa shape index (κ3) is 13.2. The number of nitrogens with zero attached hydrogens (tertiary/aromatic N) is 6. The zero-order valence-electron chi connectivity index (χ0n) is 41.7. The van der Waals surface area contributed by atoms with E-state index in [0.29, 0.717) is 81.6 Å². The molecule has 2 atom stereocenters. The number of halogens is 1. The highest BCUT2D eigenvalue weighted by molar-refractivity contribution is 7.08. The SMILES string of the molecule is CC(C)C[C@@H](CO)NC(=O)c1c(-c2ccsc2)nc2c(C(=O)NCc3ccc(-c4ccccc4)nc3)cccn12.CC(C)C[C@@H](CO)NC(=O)c1c(-c2ccsc2)nc2c(C(=O)NCc3ccc(Cl)nc3)cccn12. The van der Waals surface area contributed by atoms with Gasteiger partial charge in [-0.15, -0.1) is 0 Å². The molecule has 0 aliphatic carbocycles. The summed E-state index contributed by atoms with van der Waals surface area (Å²) in [6.07, 6.45) is 8.08. The van der Waals surface area contributed by atoms with E-state index in [0.717, 1.165) is 33.5 Å². The molecule has 0 radical (unpaired) electrons. The van der Waals surface area contributed by atoms with E-state index in [1.807, 2.05) is 104 Å². The van der Waals surface area contributed by atoms with Crippen LogP contribution in [0.2, 0.25) is 5.15 Å². The van der Waals surface area contributed by atoms with Gasteiger partial charge in [0.25, 0.3) is 23.6 Å². The third-order valence-electron chi connectivity index (χ3n) is 12.0. The molecule has 0 saturated carbocycles. The number of hydrogen-bond acceptors (Lipinski definition) is 12. The van der Waals surface area contributed by atoms with Gasteiger partial charge in [-0.1, -0.05) is 81.8 Å². The number of carbonyl (C=O) groups is 4. The molecule has 0 spiro atoms. The summed E-state index contributed by atoms with van der Waals surface area (Å²) >= 11 is 8.82. The first-order chi connectivity index (χ1) is 36.3. The first-order valence-electron chi connectivity index (χ1n) is 24.4. The number of nitrogens with one attached hydrogen (secondary N) is 4. The van der Waals surface area contributed by atoms with Crippen LogP contribution in [0.4, 0.5) is 0 Å². The molecule has 9 aromatic rings. The van der Waals surface area contributed by atoms with Gasteiger partial charge >= 0.3 is 0 Å². The lowest BCUT2D eigenvalue weighted by molar-refractivity contribution is 0.0895. The van der Waals surface area contributed by atoms with Crippen LogP contribution in [0.15, 0.2) is 137 Å². The Kier molecular flexibility index (Phi) is 17.9. The first-order valence-corrected chi connectivity index (χ1v) is 26.7. The van der Waals surface area contributed by atoms with Crippen LogP contribution in [0.25, 0.3) is 45.1 Å². The summed E-state index contributed by atoms with van der Waals surface area (Å²) in [4.78, 5) is 71.4. The fourth-order valence-corrected chi connectivity index (χ4v) is 9.90. The number of carbonyl (C=O) groups excluding carboxylic acids is 4. The lowest BCUT2D eigenvalue weighted by Gasteiger charge is -2.18. The van der Waals surface area contributed by atoms with Gasteiger partial charge < -0.3 is 31.5 Å². The molecule has 0 saturated heterocycles. The van der Waals surface area contributed by atoms with Crippen molar-refractivity contribution in [2.24, 2.45) is 11.8 Å². The van der Waals surface area contributed by atoms with E-state index in [-0.39, 0.29) is 55.5 Å². The summed E-state index contributed by atoms with van der Waals surface area (Å²) in [6, 6.07) is 27.0. The van der Waals surface area contributed by atoms with Gasteiger partial charge in [-0.25, -0.2) is 15.0 Å². The van der Waals surface area contributed by atoms with Crippen LogP contribution in [-0.2, 0) is 13.1 Å². The van der Waals surface area contributed by atoms with Gasteiger partial charge in [-0.2, -0.15) is 22.7 Å². The maximum atomic E-state index is 13.5. The van der Waals surface area contributed by atoms with Gasteiger partial charge in [-0.3, -0.25) is 33.0 Å². The van der Waals surface area contributed by atoms with Crippen LogP contribution in [0.1, 0.15) is 93.4 Å². The van der Waals surface area contributed by atoms with Crippen molar-refractivity contribution in [3.8, 4) is 33.8 Å². The second kappa shape index (κ2) is 25.1. The van der Waals surface area contributed by atoms with Crippen molar-refractivity contribution < 1.29 is 29.4 Å². The predicted molar refractivity (Wildman–Crippen MR) is 294 cm³/mol. The number of hydrogen-bond donors (Lipinski definition) is 6. The summed E-state index contributed by atoms with van der Waals surface area (Å²) in [6.45, 7) is 8.38. The minimum atomic E-state index is -0.387. The Labute approximate surface area is 446 Å². The number of benzene rings is 1. The minimum Gasteiger partial charge on any atom is -0.394 e. The second-order valence-corrected chi connectivity index (χ2v) is 20.6. The fraction of sp³-hybridized carbons (Fsp3) is 0.250. The molecule has 16 nitrogen and oxygen atoms in total. The molecule has 1 aromatic carbocycles. The van der Waals surface area contributed by atoms with E-state index in [1.54, 1.807) is 70.0 Å². The van der Waals surface area contributed by atoms with Gasteiger partial charge in [0.1, 0.15) is 27.9 Å². The van der Waals surface area contributed by atoms with Crippen molar-refractivity contribution in [3.05, 3.63) is 176 Å². The molecule has 6 N–H and O–H groups in total. The van der Waals surface area contributed by atoms with Gasteiger partial charge in [0, 0.05) is 65.3 Å². The quantitative estimate of drug-likeness (QED) is 0.0422. The number of fused-ring (bicyclic) bond motifs is 2. The Morgan fingerprint density at radius 3 is 1.45 bits per heavy atom. The number of aliphatic hydroxyl groups excluding tert-OH is 2. The molecule has 386 valence electrons. The third-order valence-corrected chi connectivity index (χ3v) is 13.6. The number of amides is 4. The van der Waals surface area contributed by atoms with Crippen molar-refractivity contribution >= 4 is 69.2 Å². The fourth-order valence-electron chi connectivity index (χ4n) is 8.50. The lowest BCUT2D eigenvalue weighted by atomic mass is 10.0. The Morgan fingerprint density at radius 2 is 1.05 bits per heavy atom. The van der Waals surface area contributed by atoms with E-state index in [2.05, 4.69) is 31.2 Å². The highest BCUT2D eigenvalue weighted by atomic mass is 35.5. The molecule has 0 unspecified atom stereocenters. The Morgan fingerprint density at radius 1 is 0.573 bits per heavy atom. The molecule has 8 aromatic heterocycles. The van der Waals surface area contributed by atoms with E-state index in [1.165, 1.54) is 22.7 Å². The highest BCUT2D eigenvalue weighted by Gasteiger charge is 2.28. The van der Waals surface area contributed by atoms with Crippen LogP contribution in [0.3, 0.4) is 0 Å². The molecule has 8 heterocycles. The van der Waals surface area contributed by atoms with Crippen molar-refractivity contribution in [1.29, 1.82) is 0 Å². The van der Waals surface area contributed by atoms with Crippen LogP contribution >= 0.6 is 34.3 Å². The van der Waals surface area contributed by atoms with Gasteiger partial charge in [0.2, 0.25) is 0 Å². The second-order valence-electron chi connectivity index (χ2n) is 18.6. The molecule has 19 heteroatoms. The van der Waals surface area contributed by atoms with Crippen LogP contribution in [0, 0.1) is 11.8 Å². The molecule has 9 rings (SSSR count). The molecule has 4 amide bonds. The van der Waals surface area contributed by atoms with Crippen LogP contribution in [0.5, 0.6) is 0 Å². The number of aromatic nitrogens is 6. The zero-order valence-corrected chi connectivity index (χ0v) is 44.1. The summed E-state index contributed by atoms with van der Waals surface area (Å²) in [7, 11) is 0. The maximum Gasteiger partial charge on any atom is 0.270 e. The largest absolute Gasteiger partial charge is 0.394 e. The van der Waals surface area contributed by atoms with Crippen LogP contribution < -0.4 is 21.3 Å². The molecule has 75 heavy (non-hydrogen) atoms. The first kappa shape index (κ1) is 53.7. The average molecular weight is 1070 g/mol.